The molecule has 0 amide bonds. The van der Waals surface area contributed by atoms with Gasteiger partial charge in [-0.3, -0.25) is 0 Å². The molecule has 0 atom stereocenters. The Kier molecular flexibility index (Phi) is 3.68. The Labute approximate surface area is 93.8 Å². The molecule has 0 bridgehead atoms. The molecule has 88 valence electrons. The van der Waals surface area contributed by atoms with E-state index in [1.165, 1.54) is 38.5 Å². The second-order valence-corrected chi connectivity index (χ2v) is 5.96. The van der Waals surface area contributed by atoms with Crippen molar-refractivity contribution in [1.29, 1.82) is 0 Å². The van der Waals surface area contributed by atoms with Gasteiger partial charge < -0.3 is 10.1 Å². The summed E-state index contributed by atoms with van der Waals surface area (Å²) in [5, 5.41) is 3.49. The van der Waals surface area contributed by atoms with Gasteiger partial charge in [0.25, 0.3) is 0 Å². The lowest BCUT2D eigenvalue weighted by Crippen LogP contribution is -2.29. The highest BCUT2D eigenvalue weighted by atomic mass is 16.5. The molecule has 0 aromatic rings. The molecular weight excluding hydrogens is 186 g/mol. The summed E-state index contributed by atoms with van der Waals surface area (Å²) in [5.41, 5.74) is 0.562. The van der Waals surface area contributed by atoms with Crippen LogP contribution in [-0.4, -0.2) is 25.3 Å². The standard InChI is InChI=1S/C13H25NO/c1-13(2)7-5-12(6-8-13)15-10-9-14-11-3-4-11/h11-12,14H,3-10H2,1-2H3. The summed E-state index contributed by atoms with van der Waals surface area (Å²) < 4.78 is 5.89. The third-order valence-electron chi connectivity index (χ3n) is 3.75. The van der Waals surface area contributed by atoms with Crippen molar-refractivity contribution in [3.8, 4) is 0 Å². The molecule has 1 N–H and O–H groups in total. The van der Waals surface area contributed by atoms with Gasteiger partial charge in [0.15, 0.2) is 0 Å². The molecule has 0 spiro atoms. The van der Waals surface area contributed by atoms with E-state index >= 15 is 0 Å². The van der Waals surface area contributed by atoms with Crippen molar-refractivity contribution >= 4 is 0 Å². The smallest absolute Gasteiger partial charge is 0.0594 e. The van der Waals surface area contributed by atoms with Crippen LogP contribution in [0.2, 0.25) is 0 Å². The molecule has 0 aliphatic heterocycles. The Morgan fingerprint density at radius 2 is 1.80 bits per heavy atom. The summed E-state index contributed by atoms with van der Waals surface area (Å²) in [4.78, 5) is 0. The highest BCUT2D eigenvalue weighted by molar-refractivity contribution is 4.81. The lowest BCUT2D eigenvalue weighted by atomic mass is 9.76. The van der Waals surface area contributed by atoms with E-state index in [-0.39, 0.29) is 0 Å². The summed E-state index contributed by atoms with van der Waals surface area (Å²) >= 11 is 0. The minimum Gasteiger partial charge on any atom is -0.377 e. The van der Waals surface area contributed by atoms with Crippen LogP contribution in [-0.2, 0) is 4.74 Å². The first kappa shape index (κ1) is 11.4. The Bertz CT molecular complexity index is 189. The topological polar surface area (TPSA) is 21.3 Å². The van der Waals surface area contributed by atoms with E-state index in [0.29, 0.717) is 11.5 Å². The van der Waals surface area contributed by atoms with E-state index in [0.717, 1.165) is 19.2 Å². The van der Waals surface area contributed by atoms with Gasteiger partial charge in [0.2, 0.25) is 0 Å². The van der Waals surface area contributed by atoms with Gasteiger partial charge >= 0.3 is 0 Å². The van der Waals surface area contributed by atoms with E-state index in [9.17, 15) is 0 Å². The fourth-order valence-electron chi connectivity index (χ4n) is 2.32. The maximum absolute atomic E-state index is 5.89. The maximum Gasteiger partial charge on any atom is 0.0594 e. The van der Waals surface area contributed by atoms with Crippen molar-refractivity contribution in [2.75, 3.05) is 13.2 Å². The first-order chi connectivity index (χ1) is 7.16. The average molecular weight is 211 g/mol. The fraction of sp³-hybridized carbons (Fsp3) is 1.00. The van der Waals surface area contributed by atoms with Crippen molar-refractivity contribution in [2.24, 2.45) is 5.41 Å². The van der Waals surface area contributed by atoms with Crippen LogP contribution in [0.5, 0.6) is 0 Å². The Morgan fingerprint density at radius 3 is 2.40 bits per heavy atom. The minimum atomic E-state index is 0.541. The zero-order valence-corrected chi connectivity index (χ0v) is 10.2. The van der Waals surface area contributed by atoms with Crippen LogP contribution in [0.1, 0.15) is 52.4 Å². The van der Waals surface area contributed by atoms with E-state index in [1.54, 1.807) is 0 Å². The summed E-state index contributed by atoms with van der Waals surface area (Å²) in [6.07, 6.45) is 8.46. The Hall–Kier alpha value is -0.0800. The summed E-state index contributed by atoms with van der Waals surface area (Å²) in [6.45, 7) is 6.70. The van der Waals surface area contributed by atoms with Gasteiger partial charge in [-0.1, -0.05) is 13.8 Å². The molecule has 2 aliphatic carbocycles. The van der Waals surface area contributed by atoms with E-state index < -0.39 is 0 Å². The van der Waals surface area contributed by atoms with Crippen LogP contribution >= 0.6 is 0 Å². The largest absolute Gasteiger partial charge is 0.377 e. The summed E-state index contributed by atoms with van der Waals surface area (Å²) in [5.74, 6) is 0. The first-order valence-electron chi connectivity index (χ1n) is 6.51. The van der Waals surface area contributed by atoms with E-state index in [2.05, 4.69) is 19.2 Å². The minimum absolute atomic E-state index is 0.541. The highest BCUT2D eigenvalue weighted by Gasteiger charge is 2.27. The van der Waals surface area contributed by atoms with E-state index in [4.69, 9.17) is 4.74 Å². The molecule has 2 nitrogen and oxygen atoms in total. The number of hydrogen-bond acceptors (Lipinski definition) is 2. The van der Waals surface area contributed by atoms with Gasteiger partial charge in [-0.15, -0.1) is 0 Å². The molecular formula is C13H25NO. The molecule has 0 unspecified atom stereocenters. The normalized spacial score (nSPS) is 26.8. The van der Waals surface area contributed by atoms with Gasteiger partial charge in [-0.2, -0.15) is 0 Å². The quantitative estimate of drug-likeness (QED) is 0.706. The average Bonchev–Trinajstić information content (AvgIpc) is 2.98. The van der Waals surface area contributed by atoms with Gasteiger partial charge in [0.1, 0.15) is 0 Å². The molecule has 0 aromatic carbocycles. The summed E-state index contributed by atoms with van der Waals surface area (Å²) in [6, 6.07) is 0.818. The van der Waals surface area contributed by atoms with Crippen LogP contribution in [0.15, 0.2) is 0 Å². The van der Waals surface area contributed by atoms with Crippen LogP contribution in [0.3, 0.4) is 0 Å². The molecule has 2 rings (SSSR count). The molecule has 2 fully saturated rings. The molecule has 0 aromatic heterocycles. The van der Waals surface area contributed by atoms with E-state index in [1.807, 2.05) is 0 Å². The monoisotopic (exact) mass is 211 g/mol. The van der Waals surface area contributed by atoms with Crippen molar-refractivity contribution in [3.63, 3.8) is 0 Å². The van der Waals surface area contributed by atoms with Crippen LogP contribution in [0, 0.1) is 5.41 Å². The zero-order chi connectivity index (χ0) is 10.7. The molecule has 0 saturated heterocycles. The van der Waals surface area contributed by atoms with Crippen LogP contribution in [0.4, 0.5) is 0 Å². The van der Waals surface area contributed by atoms with Crippen LogP contribution < -0.4 is 5.32 Å². The second kappa shape index (κ2) is 4.84. The molecule has 2 saturated carbocycles. The fourth-order valence-corrected chi connectivity index (χ4v) is 2.32. The van der Waals surface area contributed by atoms with Crippen molar-refractivity contribution in [1.82, 2.24) is 5.32 Å². The third-order valence-corrected chi connectivity index (χ3v) is 3.75. The number of hydrogen-bond donors (Lipinski definition) is 1. The van der Waals surface area contributed by atoms with Crippen molar-refractivity contribution in [2.45, 2.75) is 64.5 Å². The molecule has 0 radical (unpaired) electrons. The Balaban J connectivity index is 1.52. The van der Waals surface area contributed by atoms with Crippen molar-refractivity contribution < 1.29 is 4.74 Å². The number of rotatable bonds is 5. The lowest BCUT2D eigenvalue weighted by molar-refractivity contribution is 0.00593. The predicted molar refractivity (Wildman–Crippen MR) is 63.0 cm³/mol. The summed E-state index contributed by atoms with van der Waals surface area (Å²) in [7, 11) is 0. The number of nitrogens with one attached hydrogen (secondary N) is 1. The maximum atomic E-state index is 5.89. The Morgan fingerprint density at radius 1 is 1.13 bits per heavy atom. The number of ether oxygens (including phenoxy) is 1. The second-order valence-electron chi connectivity index (χ2n) is 5.96. The zero-order valence-electron chi connectivity index (χ0n) is 10.2. The van der Waals surface area contributed by atoms with Gasteiger partial charge in [0.05, 0.1) is 12.7 Å². The van der Waals surface area contributed by atoms with Crippen LogP contribution in [0.25, 0.3) is 0 Å². The highest BCUT2D eigenvalue weighted by Crippen LogP contribution is 2.36. The third kappa shape index (κ3) is 4.12. The van der Waals surface area contributed by atoms with Gasteiger partial charge in [0, 0.05) is 12.6 Å². The van der Waals surface area contributed by atoms with Gasteiger partial charge in [-0.05, 0) is 43.9 Å². The van der Waals surface area contributed by atoms with Gasteiger partial charge in [-0.25, -0.2) is 0 Å². The lowest BCUT2D eigenvalue weighted by Gasteiger charge is -2.34. The molecule has 2 heteroatoms. The SMILES string of the molecule is CC1(C)CCC(OCCNC2CC2)CC1. The molecule has 2 aliphatic rings. The molecule has 0 heterocycles. The first-order valence-corrected chi connectivity index (χ1v) is 6.51. The molecule has 15 heavy (non-hydrogen) atoms. The predicted octanol–water partition coefficient (Wildman–Crippen LogP) is 2.72. The van der Waals surface area contributed by atoms with Crippen molar-refractivity contribution in [3.05, 3.63) is 0 Å².